The van der Waals surface area contributed by atoms with Crippen LogP contribution in [0.1, 0.15) is 17.3 Å². The Balaban J connectivity index is 1.40. The molecule has 0 bridgehead atoms. The normalized spacial score (nSPS) is 10.5. The van der Waals surface area contributed by atoms with Gasteiger partial charge in [0.15, 0.2) is 0 Å². The van der Waals surface area contributed by atoms with Crippen LogP contribution in [-0.2, 0) is 4.79 Å². The number of carbonyl (C=O) groups is 2. The number of nitrogens with zero attached hydrogens (tertiary/aromatic N) is 1. The molecule has 4 aromatic carbocycles. The second-order valence-corrected chi connectivity index (χ2v) is 7.43. The van der Waals surface area contributed by atoms with Gasteiger partial charge in [-0.3, -0.25) is 9.59 Å². The van der Waals surface area contributed by atoms with Gasteiger partial charge in [0, 0.05) is 29.2 Å². The average Bonchev–Trinajstić information content (AvgIpc) is 2.84. The SMILES string of the molecule is CCN(C(=O)c1cccc(NC(=O)CNc2ccc3ccccc3c2)c1)c1ccccc1. The lowest BCUT2D eigenvalue weighted by atomic mass is 10.1. The maximum atomic E-state index is 13.0. The predicted octanol–water partition coefficient (Wildman–Crippen LogP) is 5.56. The molecule has 5 nitrogen and oxygen atoms in total. The van der Waals surface area contributed by atoms with E-state index in [1.165, 1.54) is 0 Å². The zero-order valence-corrected chi connectivity index (χ0v) is 17.9. The summed E-state index contributed by atoms with van der Waals surface area (Å²) in [6.45, 7) is 2.62. The van der Waals surface area contributed by atoms with Gasteiger partial charge in [-0.25, -0.2) is 0 Å². The van der Waals surface area contributed by atoms with Crippen molar-refractivity contribution in [2.75, 3.05) is 28.6 Å². The molecule has 0 aliphatic rings. The molecule has 0 fully saturated rings. The molecule has 0 heterocycles. The number of benzene rings is 4. The summed E-state index contributed by atoms with van der Waals surface area (Å²) in [7, 11) is 0. The molecule has 2 amide bonds. The fourth-order valence-corrected chi connectivity index (χ4v) is 3.62. The third kappa shape index (κ3) is 4.95. The van der Waals surface area contributed by atoms with E-state index in [-0.39, 0.29) is 18.4 Å². The summed E-state index contributed by atoms with van der Waals surface area (Å²) >= 11 is 0. The van der Waals surface area contributed by atoms with Crippen molar-refractivity contribution in [3.05, 3.63) is 103 Å². The maximum absolute atomic E-state index is 13.0. The fraction of sp³-hybridized carbons (Fsp3) is 0.111. The van der Waals surface area contributed by atoms with Gasteiger partial charge in [0.1, 0.15) is 0 Å². The number of rotatable bonds is 7. The minimum atomic E-state index is -0.182. The van der Waals surface area contributed by atoms with E-state index >= 15 is 0 Å². The number of nitrogens with one attached hydrogen (secondary N) is 2. The fourth-order valence-electron chi connectivity index (χ4n) is 3.62. The van der Waals surface area contributed by atoms with Crippen LogP contribution in [0, 0.1) is 0 Å². The number of para-hydroxylation sites is 1. The minimum Gasteiger partial charge on any atom is -0.376 e. The largest absolute Gasteiger partial charge is 0.376 e. The second kappa shape index (κ2) is 9.79. The van der Waals surface area contributed by atoms with Gasteiger partial charge in [-0.15, -0.1) is 0 Å². The summed E-state index contributed by atoms with van der Waals surface area (Å²) in [6.07, 6.45) is 0. The first-order chi connectivity index (χ1) is 15.6. The van der Waals surface area contributed by atoms with Gasteiger partial charge in [-0.05, 0) is 60.2 Å². The van der Waals surface area contributed by atoms with E-state index < -0.39 is 0 Å². The van der Waals surface area contributed by atoms with Crippen LogP contribution in [-0.4, -0.2) is 24.9 Å². The number of amides is 2. The average molecular weight is 424 g/mol. The number of hydrogen-bond donors (Lipinski definition) is 2. The van der Waals surface area contributed by atoms with E-state index in [2.05, 4.69) is 16.7 Å². The Morgan fingerprint density at radius 1 is 0.750 bits per heavy atom. The van der Waals surface area contributed by atoms with Gasteiger partial charge >= 0.3 is 0 Å². The van der Waals surface area contributed by atoms with Gasteiger partial charge < -0.3 is 15.5 Å². The number of fused-ring (bicyclic) bond motifs is 1. The van der Waals surface area contributed by atoms with Crippen molar-refractivity contribution in [1.29, 1.82) is 0 Å². The molecule has 0 aromatic heterocycles. The summed E-state index contributed by atoms with van der Waals surface area (Å²) < 4.78 is 0. The van der Waals surface area contributed by atoms with E-state index in [1.807, 2.05) is 73.7 Å². The molecule has 0 aliphatic heterocycles. The van der Waals surface area contributed by atoms with Crippen molar-refractivity contribution in [3.8, 4) is 0 Å². The first kappa shape index (κ1) is 21.1. The third-order valence-corrected chi connectivity index (χ3v) is 5.23. The second-order valence-electron chi connectivity index (χ2n) is 7.43. The van der Waals surface area contributed by atoms with Crippen LogP contribution in [0.3, 0.4) is 0 Å². The van der Waals surface area contributed by atoms with Crippen LogP contribution >= 0.6 is 0 Å². The molecule has 0 atom stereocenters. The summed E-state index contributed by atoms with van der Waals surface area (Å²) in [5.74, 6) is -0.290. The Morgan fingerprint density at radius 2 is 1.50 bits per heavy atom. The zero-order chi connectivity index (χ0) is 22.3. The monoisotopic (exact) mass is 423 g/mol. The molecular formula is C27H25N3O2. The maximum Gasteiger partial charge on any atom is 0.258 e. The highest BCUT2D eigenvalue weighted by Crippen LogP contribution is 2.20. The van der Waals surface area contributed by atoms with Gasteiger partial charge in [0.25, 0.3) is 5.91 Å². The molecule has 4 rings (SSSR count). The lowest BCUT2D eigenvalue weighted by Gasteiger charge is -2.21. The quantitative estimate of drug-likeness (QED) is 0.409. The van der Waals surface area contributed by atoms with Crippen LogP contribution in [0.15, 0.2) is 97.1 Å². The van der Waals surface area contributed by atoms with Crippen molar-refractivity contribution in [2.45, 2.75) is 6.92 Å². The Kier molecular flexibility index (Phi) is 6.46. The molecule has 0 aliphatic carbocycles. The van der Waals surface area contributed by atoms with Crippen LogP contribution in [0.25, 0.3) is 10.8 Å². The molecule has 0 saturated carbocycles. The summed E-state index contributed by atoms with van der Waals surface area (Å²) in [5.41, 5.74) is 2.83. The number of hydrogen-bond acceptors (Lipinski definition) is 3. The van der Waals surface area contributed by atoms with Crippen LogP contribution in [0.2, 0.25) is 0 Å². The van der Waals surface area contributed by atoms with Crippen molar-refractivity contribution in [3.63, 3.8) is 0 Å². The molecule has 0 saturated heterocycles. The molecule has 32 heavy (non-hydrogen) atoms. The highest BCUT2D eigenvalue weighted by Gasteiger charge is 2.16. The molecule has 0 spiro atoms. The zero-order valence-electron chi connectivity index (χ0n) is 17.9. The van der Waals surface area contributed by atoms with Crippen LogP contribution in [0.5, 0.6) is 0 Å². The van der Waals surface area contributed by atoms with Crippen molar-refractivity contribution < 1.29 is 9.59 Å². The number of carbonyl (C=O) groups excluding carboxylic acids is 2. The lowest BCUT2D eigenvalue weighted by molar-refractivity contribution is -0.114. The smallest absolute Gasteiger partial charge is 0.258 e. The van der Waals surface area contributed by atoms with Gasteiger partial charge in [0.05, 0.1) is 6.54 Å². The van der Waals surface area contributed by atoms with E-state index in [9.17, 15) is 9.59 Å². The molecule has 0 radical (unpaired) electrons. The van der Waals surface area contributed by atoms with E-state index in [0.717, 1.165) is 22.1 Å². The lowest BCUT2D eigenvalue weighted by Crippen LogP contribution is -2.30. The van der Waals surface area contributed by atoms with Crippen molar-refractivity contribution in [2.24, 2.45) is 0 Å². The van der Waals surface area contributed by atoms with Crippen molar-refractivity contribution >= 4 is 39.6 Å². The Hall–Kier alpha value is -4.12. The molecule has 0 unspecified atom stereocenters. The Morgan fingerprint density at radius 3 is 2.28 bits per heavy atom. The molecular weight excluding hydrogens is 398 g/mol. The van der Waals surface area contributed by atoms with Crippen molar-refractivity contribution in [1.82, 2.24) is 0 Å². The molecule has 2 N–H and O–H groups in total. The summed E-state index contributed by atoms with van der Waals surface area (Å²) in [6, 6.07) is 30.7. The van der Waals surface area contributed by atoms with E-state index in [0.29, 0.717) is 17.8 Å². The Bertz CT molecular complexity index is 1240. The molecule has 160 valence electrons. The van der Waals surface area contributed by atoms with Gasteiger partial charge in [-0.1, -0.05) is 54.6 Å². The topological polar surface area (TPSA) is 61.4 Å². The highest BCUT2D eigenvalue weighted by atomic mass is 16.2. The first-order valence-corrected chi connectivity index (χ1v) is 10.6. The minimum absolute atomic E-state index is 0.107. The predicted molar refractivity (Wildman–Crippen MR) is 131 cm³/mol. The third-order valence-electron chi connectivity index (χ3n) is 5.23. The highest BCUT2D eigenvalue weighted by molar-refractivity contribution is 6.07. The van der Waals surface area contributed by atoms with Crippen LogP contribution in [0.4, 0.5) is 17.1 Å². The number of anilines is 3. The van der Waals surface area contributed by atoms with Gasteiger partial charge in [-0.2, -0.15) is 0 Å². The van der Waals surface area contributed by atoms with E-state index in [4.69, 9.17) is 0 Å². The standard InChI is InChI=1S/C27H25N3O2/c1-2-30(25-13-4-3-5-14-25)27(32)22-11-8-12-24(18-22)29-26(31)19-28-23-16-15-20-9-6-7-10-21(20)17-23/h3-18,28H,2,19H2,1H3,(H,29,31). The van der Waals surface area contributed by atoms with Gasteiger partial charge in [0.2, 0.25) is 5.91 Å². The summed E-state index contributed by atoms with van der Waals surface area (Å²) in [4.78, 5) is 27.2. The first-order valence-electron chi connectivity index (χ1n) is 10.6. The van der Waals surface area contributed by atoms with Crippen LogP contribution < -0.4 is 15.5 Å². The van der Waals surface area contributed by atoms with E-state index in [1.54, 1.807) is 29.2 Å². The molecule has 5 heteroatoms. The Labute approximate surface area is 187 Å². The molecule has 4 aromatic rings. The summed E-state index contributed by atoms with van der Waals surface area (Å²) in [5, 5.41) is 8.29.